The minimum atomic E-state index is -0.937. The van der Waals surface area contributed by atoms with E-state index < -0.39 is 23.8 Å². The highest BCUT2D eigenvalue weighted by Crippen LogP contribution is 2.21. The molecule has 1 heterocycles. The molecule has 0 spiro atoms. The zero-order chi connectivity index (χ0) is 16.9. The lowest BCUT2D eigenvalue weighted by atomic mass is 9.92. The van der Waals surface area contributed by atoms with Gasteiger partial charge in [0.15, 0.2) is 0 Å². The molecular formula is C14H24N2O6. The van der Waals surface area contributed by atoms with Crippen molar-refractivity contribution in [2.45, 2.75) is 45.3 Å². The predicted molar refractivity (Wildman–Crippen MR) is 77.5 cm³/mol. The third-order valence-electron chi connectivity index (χ3n) is 3.15. The molecule has 0 aliphatic carbocycles. The molecule has 0 bridgehead atoms. The number of carbonyl (C=O) groups excluding carboxylic acids is 2. The molecule has 2 atom stereocenters. The summed E-state index contributed by atoms with van der Waals surface area (Å²) in [4.78, 5) is 35.8. The van der Waals surface area contributed by atoms with Gasteiger partial charge in [0.1, 0.15) is 5.60 Å². The summed E-state index contributed by atoms with van der Waals surface area (Å²) in [6.45, 7) is 5.82. The van der Waals surface area contributed by atoms with E-state index in [1.54, 1.807) is 20.8 Å². The number of carboxylic acids is 1. The Morgan fingerprint density at radius 1 is 1.27 bits per heavy atom. The molecule has 0 saturated carbocycles. The number of rotatable bonds is 3. The van der Waals surface area contributed by atoms with E-state index in [1.165, 1.54) is 12.0 Å². The number of amides is 2. The van der Waals surface area contributed by atoms with Crippen molar-refractivity contribution >= 4 is 18.2 Å². The molecule has 2 amide bonds. The molecule has 1 fully saturated rings. The number of nitrogens with one attached hydrogen (secondary N) is 1. The Hall–Kier alpha value is -1.99. The minimum Gasteiger partial charge on any atom is -0.481 e. The fourth-order valence-electron chi connectivity index (χ4n) is 2.46. The first-order chi connectivity index (χ1) is 10.1. The van der Waals surface area contributed by atoms with Gasteiger partial charge in [0.25, 0.3) is 0 Å². The van der Waals surface area contributed by atoms with Crippen molar-refractivity contribution < 1.29 is 29.0 Å². The number of hydrogen-bond acceptors (Lipinski definition) is 5. The minimum absolute atomic E-state index is 0.0695. The second-order valence-electron chi connectivity index (χ2n) is 6.42. The fraction of sp³-hybridized carbons (Fsp3) is 0.786. The second kappa shape index (κ2) is 7.33. The number of carbonyl (C=O) groups is 3. The Bertz CT molecular complexity index is 432. The SMILES string of the molecule is COC(=O)N1CC(CC(=O)O)CC(NC(=O)OC(C)(C)C)C1. The van der Waals surface area contributed by atoms with E-state index in [9.17, 15) is 14.4 Å². The van der Waals surface area contributed by atoms with Gasteiger partial charge in [0, 0.05) is 19.5 Å². The van der Waals surface area contributed by atoms with Crippen LogP contribution in [-0.4, -0.2) is 60.0 Å². The zero-order valence-electron chi connectivity index (χ0n) is 13.4. The van der Waals surface area contributed by atoms with Gasteiger partial charge in [-0.2, -0.15) is 0 Å². The molecule has 0 aromatic heterocycles. The average molecular weight is 316 g/mol. The molecule has 22 heavy (non-hydrogen) atoms. The van der Waals surface area contributed by atoms with Crippen molar-refractivity contribution in [3.8, 4) is 0 Å². The van der Waals surface area contributed by atoms with E-state index in [0.717, 1.165) is 0 Å². The van der Waals surface area contributed by atoms with Crippen LogP contribution in [0, 0.1) is 5.92 Å². The van der Waals surface area contributed by atoms with E-state index in [1.807, 2.05) is 0 Å². The van der Waals surface area contributed by atoms with Gasteiger partial charge in [-0.05, 0) is 33.1 Å². The Labute approximate surface area is 129 Å². The molecule has 1 saturated heterocycles. The van der Waals surface area contributed by atoms with Crippen LogP contribution in [0.2, 0.25) is 0 Å². The van der Waals surface area contributed by atoms with E-state index in [-0.39, 0.29) is 24.9 Å². The van der Waals surface area contributed by atoms with Crippen LogP contribution < -0.4 is 5.32 Å². The lowest BCUT2D eigenvalue weighted by Gasteiger charge is -2.36. The highest BCUT2D eigenvalue weighted by atomic mass is 16.6. The smallest absolute Gasteiger partial charge is 0.409 e. The third kappa shape index (κ3) is 6.19. The molecule has 1 aliphatic rings. The van der Waals surface area contributed by atoms with Crippen LogP contribution in [0.1, 0.15) is 33.6 Å². The Morgan fingerprint density at radius 2 is 1.91 bits per heavy atom. The van der Waals surface area contributed by atoms with E-state index in [4.69, 9.17) is 9.84 Å². The predicted octanol–water partition coefficient (Wildman–Crippen LogP) is 1.44. The molecule has 8 heteroatoms. The van der Waals surface area contributed by atoms with Crippen LogP contribution in [-0.2, 0) is 14.3 Å². The van der Waals surface area contributed by atoms with Gasteiger partial charge in [0.2, 0.25) is 0 Å². The number of aliphatic carboxylic acids is 1. The number of nitrogens with zero attached hydrogens (tertiary/aromatic N) is 1. The summed E-state index contributed by atoms with van der Waals surface area (Å²) in [5.74, 6) is -1.18. The molecule has 1 rings (SSSR count). The van der Waals surface area contributed by atoms with E-state index in [0.29, 0.717) is 13.0 Å². The quantitative estimate of drug-likeness (QED) is 0.816. The Balaban J connectivity index is 2.69. The average Bonchev–Trinajstić information content (AvgIpc) is 2.34. The summed E-state index contributed by atoms with van der Waals surface area (Å²) in [5.41, 5.74) is -0.624. The molecule has 126 valence electrons. The molecule has 0 aromatic rings. The summed E-state index contributed by atoms with van der Waals surface area (Å²) in [6.07, 6.45) is -0.719. The van der Waals surface area contributed by atoms with Crippen molar-refractivity contribution in [2.24, 2.45) is 5.92 Å². The van der Waals surface area contributed by atoms with Crippen molar-refractivity contribution in [1.29, 1.82) is 0 Å². The number of hydrogen-bond donors (Lipinski definition) is 2. The topological polar surface area (TPSA) is 105 Å². The van der Waals surface area contributed by atoms with Crippen LogP contribution in [0.4, 0.5) is 9.59 Å². The third-order valence-corrected chi connectivity index (χ3v) is 3.15. The molecule has 1 aliphatic heterocycles. The van der Waals surface area contributed by atoms with Crippen LogP contribution in [0.15, 0.2) is 0 Å². The van der Waals surface area contributed by atoms with Gasteiger partial charge >= 0.3 is 18.2 Å². The lowest BCUT2D eigenvalue weighted by molar-refractivity contribution is -0.138. The second-order valence-corrected chi connectivity index (χ2v) is 6.42. The molecule has 2 N–H and O–H groups in total. The maximum atomic E-state index is 11.8. The number of piperidine rings is 1. The van der Waals surface area contributed by atoms with E-state index in [2.05, 4.69) is 10.1 Å². The van der Waals surface area contributed by atoms with Crippen molar-refractivity contribution in [3.05, 3.63) is 0 Å². The lowest BCUT2D eigenvalue weighted by Crippen LogP contribution is -2.53. The first kappa shape index (κ1) is 18.1. The van der Waals surface area contributed by atoms with Gasteiger partial charge in [0.05, 0.1) is 13.2 Å². The number of alkyl carbamates (subject to hydrolysis) is 1. The first-order valence-electron chi connectivity index (χ1n) is 7.15. The van der Waals surface area contributed by atoms with Gasteiger partial charge in [-0.1, -0.05) is 0 Å². The molecule has 0 radical (unpaired) electrons. The van der Waals surface area contributed by atoms with Gasteiger partial charge < -0.3 is 24.8 Å². The Kier molecular flexibility index (Phi) is 6.01. The Morgan fingerprint density at radius 3 is 2.41 bits per heavy atom. The van der Waals surface area contributed by atoms with Crippen LogP contribution in [0.5, 0.6) is 0 Å². The van der Waals surface area contributed by atoms with Crippen molar-refractivity contribution in [1.82, 2.24) is 10.2 Å². The van der Waals surface area contributed by atoms with E-state index >= 15 is 0 Å². The monoisotopic (exact) mass is 316 g/mol. The summed E-state index contributed by atoms with van der Waals surface area (Å²) in [7, 11) is 1.26. The normalized spacial score (nSPS) is 21.9. The maximum absolute atomic E-state index is 11.8. The molecule has 8 nitrogen and oxygen atoms in total. The summed E-state index contributed by atoms with van der Waals surface area (Å²) < 4.78 is 9.85. The summed E-state index contributed by atoms with van der Waals surface area (Å²) >= 11 is 0. The van der Waals surface area contributed by atoms with Crippen molar-refractivity contribution in [3.63, 3.8) is 0 Å². The van der Waals surface area contributed by atoms with Crippen LogP contribution in [0.3, 0.4) is 0 Å². The zero-order valence-corrected chi connectivity index (χ0v) is 13.4. The van der Waals surface area contributed by atoms with Crippen LogP contribution >= 0.6 is 0 Å². The highest BCUT2D eigenvalue weighted by molar-refractivity contribution is 5.70. The molecular weight excluding hydrogens is 292 g/mol. The standard InChI is InChI=1S/C14H24N2O6/c1-14(2,3)22-12(19)15-10-5-9(6-11(17)18)7-16(8-10)13(20)21-4/h9-10H,5-8H2,1-4H3,(H,15,19)(H,17,18). The highest BCUT2D eigenvalue weighted by Gasteiger charge is 2.33. The van der Waals surface area contributed by atoms with Crippen LogP contribution in [0.25, 0.3) is 0 Å². The maximum Gasteiger partial charge on any atom is 0.409 e. The first-order valence-corrected chi connectivity index (χ1v) is 7.15. The number of likely N-dealkylation sites (tertiary alicyclic amines) is 1. The van der Waals surface area contributed by atoms with Gasteiger partial charge in [-0.15, -0.1) is 0 Å². The van der Waals surface area contributed by atoms with Crippen molar-refractivity contribution in [2.75, 3.05) is 20.2 Å². The fourth-order valence-corrected chi connectivity index (χ4v) is 2.46. The number of carboxylic acid groups (broad SMARTS) is 1. The summed E-state index contributed by atoms with van der Waals surface area (Å²) in [5, 5.41) is 11.6. The molecule has 0 aromatic carbocycles. The molecule has 2 unspecified atom stereocenters. The summed E-state index contributed by atoms with van der Waals surface area (Å²) in [6, 6.07) is -0.368. The number of methoxy groups -OCH3 is 1. The largest absolute Gasteiger partial charge is 0.481 e. The number of ether oxygens (including phenoxy) is 2. The van der Waals surface area contributed by atoms with Gasteiger partial charge in [-0.25, -0.2) is 9.59 Å². The van der Waals surface area contributed by atoms with Gasteiger partial charge in [-0.3, -0.25) is 4.79 Å².